The Morgan fingerprint density at radius 3 is 2.73 bits per heavy atom. The van der Waals surface area contributed by atoms with Gasteiger partial charge < -0.3 is 14.8 Å². The maximum Gasteiger partial charge on any atom is 0.189 e. The highest BCUT2D eigenvalue weighted by molar-refractivity contribution is 6.30. The number of halogens is 1. The number of anilines is 1. The van der Waals surface area contributed by atoms with Crippen molar-refractivity contribution in [2.45, 2.75) is 12.2 Å². The molecule has 1 N–H and O–H groups in total. The molecule has 0 bridgehead atoms. The summed E-state index contributed by atoms with van der Waals surface area (Å²) >= 11 is 5.91. The second kappa shape index (κ2) is 4.00. The zero-order chi connectivity index (χ0) is 10.9. The first-order valence-corrected chi connectivity index (χ1v) is 5.19. The second-order valence-corrected chi connectivity index (χ2v) is 4.09. The van der Waals surface area contributed by atoms with Crippen molar-refractivity contribution in [3.63, 3.8) is 0 Å². The molecule has 1 aliphatic heterocycles. The van der Waals surface area contributed by atoms with Crippen LogP contribution in [-0.2, 0) is 15.9 Å². The van der Waals surface area contributed by atoms with Crippen LogP contribution in [0.4, 0.5) is 5.69 Å². The van der Waals surface area contributed by atoms with E-state index in [4.69, 9.17) is 21.1 Å². The van der Waals surface area contributed by atoms with Crippen molar-refractivity contribution in [2.24, 2.45) is 0 Å². The van der Waals surface area contributed by atoms with E-state index in [0.717, 1.165) is 22.7 Å². The van der Waals surface area contributed by atoms with Gasteiger partial charge in [0.15, 0.2) is 5.79 Å². The molecule has 0 aliphatic carbocycles. The summed E-state index contributed by atoms with van der Waals surface area (Å²) in [5, 5.41) is 4.00. The van der Waals surface area contributed by atoms with Gasteiger partial charge >= 0.3 is 0 Å². The van der Waals surface area contributed by atoms with Crippen molar-refractivity contribution in [2.75, 3.05) is 26.1 Å². The minimum absolute atomic E-state index is 0.555. The molecule has 2 rings (SSSR count). The van der Waals surface area contributed by atoms with Crippen LogP contribution in [0.5, 0.6) is 0 Å². The third-order valence-electron chi connectivity index (χ3n) is 2.82. The molecule has 82 valence electrons. The van der Waals surface area contributed by atoms with Gasteiger partial charge in [0.05, 0.1) is 6.54 Å². The van der Waals surface area contributed by atoms with Crippen LogP contribution in [-0.4, -0.2) is 26.6 Å². The predicted octanol–water partition coefficient (Wildman–Crippen LogP) is 2.30. The number of hydrogen-bond donors (Lipinski definition) is 1. The van der Waals surface area contributed by atoms with Gasteiger partial charge in [0.25, 0.3) is 0 Å². The van der Waals surface area contributed by atoms with Crippen LogP contribution in [0.1, 0.15) is 5.56 Å². The second-order valence-electron chi connectivity index (χ2n) is 3.65. The fourth-order valence-electron chi connectivity index (χ4n) is 1.82. The van der Waals surface area contributed by atoms with Crippen LogP contribution < -0.4 is 5.32 Å². The van der Waals surface area contributed by atoms with E-state index in [-0.39, 0.29) is 0 Å². The van der Waals surface area contributed by atoms with Crippen LogP contribution >= 0.6 is 11.6 Å². The molecule has 0 atom stereocenters. The van der Waals surface area contributed by atoms with E-state index < -0.39 is 5.79 Å². The summed E-state index contributed by atoms with van der Waals surface area (Å²) in [7, 11) is 3.32. The summed E-state index contributed by atoms with van der Waals surface area (Å²) in [5.74, 6) is -0.555. The average molecular weight is 228 g/mol. The van der Waals surface area contributed by atoms with Crippen molar-refractivity contribution in [3.8, 4) is 0 Å². The van der Waals surface area contributed by atoms with E-state index in [0.29, 0.717) is 6.54 Å². The van der Waals surface area contributed by atoms with E-state index >= 15 is 0 Å². The molecule has 0 saturated carbocycles. The van der Waals surface area contributed by atoms with Crippen LogP contribution in [0.3, 0.4) is 0 Å². The Balaban J connectivity index is 2.30. The highest BCUT2D eigenvalue weighted by atomic mass is 35.5. The summed E-state index contributed by atoms with van der Waals surface area (Å²) in [4.78, 5) is 0. The topological polar surface area (TPSA) is 30.5 Å². The van der Waals surface area contributed by atoms with Crippen LogP contribution in [0.15, 0.2) is 18.2 Å². The molecular weight excluding hydrogens is 214 g/mol. The first-order valence-electron chi connectivity index (χ1n) is 4.82. The Morgan fingerprint density at radius 2 is 2.07 bits per heavy atom. The molecule has 4 heteroatoms. The number of hydrogen-bond acceptors (Lipinski definition) is 3. The molecule has 0 aromatic heterocycles. The lowest BCUT2D eigenvalue weighted by atomic mass is 9.98. The molecule has 1 aromatic rings. The highest BCUT2D eigenvalue weighted by Crippen LogP contribution is 2.31. The minimum atomic E-state index is -0.555. The molecule has 15 heavy (non-hydrogen) atoms. The Bertz CT molecular complexity index is 364. The van der Waals surface area contributed by atoms with Crippen molar-refractivity contribution in [1.29, 1.82) is 0 Å². The van der Waals surface area contributed by atoms with Gasteiger partial charge in [0, 0.05) is 31.4 Å². The molecule has 0 fully saturated rings. The maximum absolute atomic E-state index is 5.91. The summed E-state index contributed by atoms with van der Waals surface area (Å²) in [6.07, 6.45) is 0.736. The normalized spacial score (nSPS) is 18.1. The van der Waals surface area contributed by atoms with Crippen molar-refractivity contribution < 1.29 is 9.47 Å². The molecular formula is C11H14ClNO2. The summed E-state index contributed by atoms with van der Waals surface area (Å²) in [6.45, 7) is 0.632. The highest BCUT2D eigenvalue weighted by Gasteiger charge is 2.34. The van der Waals surface area contributed by atoms with Gasteiger partial charge in [-0.15, -0.1) is 0 Å². The first kappa shape index (κ1) is 10.7. The van der Waals surface area contributed by atoms with Gasteiger partial charge in [-0.2, -0.15) is 0 Å². The van der Waals surface area contributed by atoms with Crippen LogP contribution in [0, 0.1) is 0 Å². The molecule has 3 nitrogen and oxygen atoms in total. The number of ether oxygens (including phenoxy) is 2. The Labute approximate surface area is 94.3 Å². The van der Waals surface area contributed by atoms with Crippen molar-refractivity contribution in [1.82, 2.24) is 0 Å². The predicted molar refractivity (Wildman–Crippen MR) is 60.4 cm³/mol. The smallest absolute Gasteiger partial charge is 0.189 e. The number of methoxy groups -OCH3 is 2. The van der Waals surface area contributed by atoms with E-state index in [1.807, 2.05) is 18.2 Å². The number of nitrogens with one attached hydrogen (secondary N) is 1. The molecule has 1 aromatic carbocycles. The largest absolute Gasteiger partial charge is 0.379 e. The molecule has 0 saturated heterocycles. The minimum Gasteiger partial charge on any atom is -0.379 e. The van der Waals surface area contributed by atoms with E-state index in [9.17, 15) is 0 Å². The molecule has 0 amide bonds. The average Bonchev–Trinajstić information content (AvgIpc) is 2.28. The lowest BCUT2D eigenvalue weighted by molar-refractivity contribution is -0.196. The fraction of sp³-hybridized carbons (Fsp3) is 0.455. The SMILES string of the molecule is COC1(OC)CNc2cc(Cl)ccc2C1. The van der Waals surface area contributed by atoms with Crippen molar-refractivity contribution in [3.05, 3.63) is 28.8 Å². The van der Waals surface area contributed by atoms with Crippen molar-refractivity contribution >= 4 is 17.3 Å². The summed E-state index contributed by atoms with van der Waals surface area (Å²) in [5.41, 5.74) is 2.22. The Kier molecular flexibility index (Phi) is 2.87. The molecule has 1 heterocycles. The summed E-state index contributed by atoms with van der Waals surface area (Å²) < 4.78 is 10.8. The van der Waals surface area contributed by atoms with Gasteiger partial charge in [-0.05, 0) is 17.7 Å². The van der Waals surface area contributed by atoms with Gasteiger partial charge in [-0.25, -0.2) is 0 Å². The molecule has 0 unspecified atom stereocenters. The quantitative estimate of drug-likeness (QED) is 0.787. The molecule has 0 radical (unpaired) electrons. The van der Waals surface area contributed by atoms with Crippen LogP contribution in [0.25, 0.3) is 0 Å². The third-order valence-corrected chi connectivity index (χ3v) is 3.06. The number of fused-ring (bicyclic) bond motifs is 1. The van der Waals surface area contributed by atoms with E-state index in [1.54, 1.807) is 14.2 Å². The molecule has 1 aliphatic rings. The number of rotatable bonds is 2. The third kappa shape index (κ3) is 1.95. The zero-order valence-electron chi connectivity index (χ0n) is 8.84. The van der Waals surface area contributed by atoms with Gasteiger partial charge in [-0.1, -0.05) is 17.7 Å². The summed E-state index contributed by atoms with van der Waals surface area (Å²) in [6, 6.07) is 5.80. The monoisotopic (exact) mass is 227 g/mol. The van der Waals surface area contributed by atoms with Gasteiger partial charge in [-0.3, -0.25) is 0 Å². The number of benzene rings is 1. The standard InChI is InChI=1S/C11H14ClNO2/c1-14-11(15-2)6-8-3-4-9(12)5-10(8)13-7-11/h3-5,13H,6-7H2,1-2H3. The lowest BCUT2D eigenvalue weighted by Gasteiger charge is -2.36. The Morgan fingerprint density at radius 1 is 1.33 bits per heavy atom. The van der Waals surface area contributed by atoms with Gasteiger partial charge in [0.2, 0.25) is 0 Å². The maximum atomic E-state index is 5.91. The lowest BCUT2D eigenvalue weighted by Crippen LogP contribution is -2.46. The van der Waals surface area contributed by atoms with E-state index in [2.05, 4.69) is 5.32 Å². The Hall–Kier alpha value is -0.770. The van der Waals surface area contributed by atoms with Gasteiger partial charge in [0.1, 0.15) is 0 Å². The zero-order valence-corrected chi connectivity index (χ0v) is 9.60. The first-order chi connectivity index (χ1) is 7.19. The molecule has 0 spiro atoms. The van der Waals surface area contributed by atoms with Crippen LogP contribution in [0.2, 0.25) is 5.02 Å². The fourth-order valence-corrected chi connectivity index (χ4v) is 1.99. The van der Waals surface area contributed by atoms with E-state index in [1.165, 1.54) is 0 Å².